The van der Waals surface area contributed by atoms with Crippen LogP contribution >= 0.6 is 0 Å². The molecule has 78 valence electrons. The van der Waals surface area contributed by atoms with Crippen molar-refractivity contribution in [3.05, 3.63) is 28.8 Å². The first kappa shape index (κ1) is 9.45. The second-order valence-corrected chi connectivity index (χ2v) is 3.13. The van der Waals surface area contributed by atoms with Gasteiger partial charge in [0.2, 0.25) is 5.95 Å². The number of nitrogens with zero attached hydrogens (tertiary/aromatic N) is 3. The number of rotatable bonds is 2. The number of H-pyrrole nitrogens is 1. The van der Waals surface area contributed by atoms with Crippen molar-refractivity contribution >= 4 is 5.95 Å². The van der Waals surface area contributed by atoms with Gasteiger partial charge >= 0.3 is 0 Å². The molecule has 0 aliphatic carbocycles. The molecule has 2 rings (SSSR count). The Hall–Kier alpha value is -2.11. The summed E-state index contributed by atoms with van der Waals surface area (Å²) in [5.41, 5.74) is 1.24. The minimum atomic E-state index is -0.187. The Kier molecular flexibility index (Phi) is 2.24. The first-order valence-corrected chi connectivity index (χ1v) is 4.47. The van der Waals surface area contributed by atoms with Gasteiger partial charge in [0.25, 0.3) is 5.56 Å². The lowest BCUT2D eigenvalue weighted by molar-refractivity contribution is 0.768. The van der Waals surface area contributed by atoms with Gasteiger partial charge in [-0.1, -0.05) is 0 Å². The van der Waals surface area contributed by atoms with Gasteiger partial charge < -0.3 is 5.32 Å². The smallest absolute Gasteiger partial charge is 0.252 e. The van der Waals surface area contributed by atoms with Crippen molar-refractivity contribution in [1.29, 1.82) is 0 Å². The molecule has 0 radical (unpaired) electrons. The summed E-state index contributed by atoms with van der Waals surface area (Å²) in [7, 11) is 3.51. The molecule has 15 heavy (non-hydrogen) atoms. The Labute approximate surface area is 86.0 Å². The molecular weight excluding hydrogens is 194 g/mol. The molecule has 2 aromatic heterocycles. The lowest BCUT2D eigenvalue weighted by atomic mass is 10.2. The predicted molar refractivity (Wildman–Crippen MR) is 56.6 cm³/mol. The fourth-order valence-corrected chi connectivity index (χ4v) is 1.28. The van der Waals surface area contributed by atoms with E-state index in [9.17, 15) is 4.79 Å². The first-order valence-electron chi connectivity index (χ1n) is 4.47. The molecular formula is C9H11N5O. The summed E-state index contributed by atoms with van der Waals surface area (Å²) in [4.78, 5) is 18.1. The van der Waals surface area contributed by atoms with E-state index in [-0.39, 0.29) is 5.56 Å². The molecule has 0 fully saturated rings. The van der Waals surface area contributed by atoms with Crippen LogP contribution < -0.4 is 10.9 Å². The fourth-order valence-electron chi connectivity index (χ4n) is 1.28. The number of aromatic nitrogens is 4. The summed E-state index contributed by atoms with van der Waals surface area (Å²) in [6.45, 7) is 0. The summed E-state index contributed by atoms with van der Waals surface area (Å²) in [5, 5.41) is 6.81. The molecule has 0 saturated heterocycles. The lowest BCUT2D eigenvalue weighted by Crippen LogP contribution is -2.10. The monoisotopic (exact) mass is 205 g/mol. The third-order valence-electron chi connectivity index (χ3n) is 1.98. The molecule has 0 spiro atoms. The molecule has 6 nitrogen and oxygen atoms in total. The van der Waals surface area contributed by atoms with Crippen molar-refractivity contribution in [3.8, 4) is 11.3 Å². The van der Waals surface area contributed by atoms with Gasteiger partial charge in [0.05, 0.1) is 11.9 Å². The Morgan fingerprint density at radius 1 is 1.53 bits per heavy atom. The zero-order valence-corrected chi connectivity index (χ0v) is 8.48. The van der Waals surface area contributed by atoms with Gasteiger partial charge in [0.1, 0.15) is 0 Å². The highest BCUT2D eigenvalue weighted by Crippen LogP contribution is 2.14. The second kappa shape index (κ2) is 3.56. The summed E-state index contributed by atoms with van der Waals surface area (Å²) in [5.74, 6) is 0.446. The number of anilines is 1. The van der Waals surface area contributed by atoms with E-state index in [1.807, 2.05) is 7.05 Å². The number of hydrogen-bond acceptors (Lipinski definition) is 4. The Balaban J connectivity index is 2.53. The summed E-state index contributed by atoms with van der Waals surface area (Å²) in [6.07, 6.45) is 3.47. The molecule has 0 amide bonds. The van der Waals surface area contributed by atoms with Crippen molar-refractivity contribution in [3.63, 3.8) is 0 Å². The van der Waals surface area contributed by atoms with Gasteiger partial charge in [0, 0.05) is 31.9 Å². The van der Waals surface area contributed by atoms with Crippen molar-refractivity contribution in [1.82, 2.24) is 19.7 Å². The quantitative estimate of drug-likeness (QED) is 0.735. The predicted octanol–water partition coefficient (Wildman–Crippen LogP) is 0.212. The SMILES string of the molecule is CNc1nc(-c2cnn(C)c2)cc(=O)[nH]1. The standard InChI is InChI=1S/C9H11N5O/c1-10-9-12-7(3-8(15)13-9)6-4-11-14(2)5-6/h3-5H,1-2H3,(H2,10,12,13,15). The average Bonchev–Trinajstić information content (AvgIpc) is 2.64. The van der Waals surface area contributed by atoms with Gasteiger partial charge in [-0.3, -0.25) is 14.5 Å². The van der Waals surface area contributed by atoms with Crippen LogP contribution in [0.25, 0.3) is 11.3 Å². The maximum atomic E-state index is 11.3. The maximum absolute atomic E-state index is 11.3. The third kappa shape index (κ3) is 1.88. The van der Waals surface area contributed by atoms with E-state index in [1.165, 1.54) is 6.07 Å². The fraction of sp³-hybridized carbons (Fsp3) is 0.222. The molecule has 0 bridgehead atoms. The normalized spacial score (nSPS) is 10.3. The minimum absolute atomic E-state index is 0.187. The van der Waals surface area contributed by atoms with Crippen molar-refractivity contribution in [2.24, 2.45) is 7.05 Å². The van der Waals surface area contributed by atoms with Gasteiger partial charge in [-0.2, -0.15) is 5.10 Å². The molecule has 2 heterocycles. The van der Waals surface area contributed by atoms with E-state index in [0.29, 0.717) is 11.6 Å². The third-order valence-corrected chi connectivity index (χ3v) is 1.98. The van der Waals surface area contributed by atoms with E-state index >= 15 is 0 Å². The lowest BCUT2D eigenvalue weighted by Gasteiger charge is -2.00. The zero-order valence-electron chi connectivity index (χ0n) is 8.48. The largest absolute Gasteiger partial charge is 0.359 e. The van der Waals surface area contributed by atoms with E-state index in [1.54, 1.807) is 24.1 Å². The summed E-state index contributed by atoms with van der Waals surface area (Å²) >= 11 is 0. The van der Waals surface area contributed by atoms with E-state index in [2.05, 4.69) is 20.4 Å². The van der Waals surface area contributed by atoms with Crippen LogP contribution in [0.5, 0.6) is 0 Å². The molecule has 0 aromatic carbocycles. The molecule has 0 saturated carbocycles. The van der Waals surface area contributed by atoms with E-state index in [4.69, 9.17) is 0 Å². The van der Waals surface area contributed by atoms with E-state index in [0.717, 1.165) is 5.56 Å². The van der Waals surface area contributed by atoms with Crippen LogP contribution in [-0.4, -0.2) is 26.8 Å². The molecule has 2 N–H and O–H groups in total. The van der Waals surface area contributed by atoms with Crippen LogP contribution in [0.1, 0.15) is 0 Å². The van der Waals surface area contributed by atoms with Crippen molar-refractivity contribution < 1.29 is 0 Å². The highest BCUT2D eigenvalue weighted by Gasteiger charge is 2.04. The number of hydrogen-bond donors (Lipinski definition) is 2. The topological polar surface area (TPSA) is 75.6 Å². The van der Waals surface area contributed by atoms with Crippen LogP contribution in [0.15, 0.2) is 23.3 Å². The molecule has 0 aliphatic rings. The first-order chi connectivity index (χ1) is 7.19. The average molecular weight is 205 g/mol. The molecule has 0 aliphatic heterocycles. The Morgan fingerprint density at radius 3 is 2.93 bits per heavy atom. The van der Waals surface area contributed by atoms with Crippen LogP contribution in [0.4, 0.5) is 5.95 Å². The number of aromatic amines is 1. The van der Waals surface area contributed by atoms with E-state index < -0.39 is 0 Å². The molecule has 2 aromatic rings. The number of aryl methyl sites for hydroxylation is 1. The second-order valence-electron chi connectivity index (χ2n) is 3.13. The summed E-state index contributed by atoms with van der Waals surface area (Å²) in [6, 6.07) is 1.44. The Bertz CT molecular complexity index is 527. The molecule has 6 heteroatoms. The van der Waals surface area contributed by atoms with Crippen molar-refractivity contribution in [2.75, 3.05) is 12.4 Å². The van der Waals surface area contributed by atoms with Gasteiger partial charge in [-0.15, -0.1) is 0 Å². The highest BCUT2D eigenvalue weighted by molar-refractivity contribution is 5.57. The number of nitrogens with one attached hydrogen (secondary N) is 2. The molecule has 0 unspecified atom stereocenters. The van der Waals surface area contributed by atoms with Crippen LogP contribution in [0, 0.1) is 0 Å². The Morgan fingerprint density at radius 2 is 2.33 bits per heavy atom. The zero-order chi connectivity index (χ0) is 10.8. The van der Waals surface area contributed by atoms with Gasteiger partial charge in [0.15, 0.2) is 0 Å². The van der Waals surface area contributed by atoms with Crippen LogP contribution in [0.3, 0.4) is 0 Å². The molecule has 0 atom stereocenters. The van der Waals surface area contributed by atoms with Gasteiger partial charge in [-0.25, -0.2) is 4.98 Å². The van der Waals surface area contributed by atoms with Crippen molar-refractivity contribution in [2.45, 2.75) is 0 Å². The van der Waals surface area contributed by atoms with Crippen LogP contribution in [0.2, 0.25) is 0 Å². The summed E-state index contributed by atoms with van der Waals surface area (Å²) < 4.78 is 1.66. The highest BCUT2D eigenvalue weighted by atomic mass is 16.1. The van der Waals surface area contributed by atoms with Gasteiger partial charge in [-0.05, 0) is 0 Å². The minimum Gasteiger partial charge on any atom is -0.359 e. The maximum Gasteiger partial charge on any atom is 0.252 e. The van der Waals surface area contributed by atoms with Crippen LogP contribution in [-0.2, 0) is 7.05 Å².